The van der Waals surface area contributed by atoms with Crippen molar-refractivity contribution in [1.29, 1.82) is 0 Å². The molecule has 4 rings (SSSR count). The summed E-state index contributed by atoms with van der Waals surface area (Å²) >= 11 is 5.91. The fraction of sp³-hybridized carbons (Fsp3) is 0.261. The number of anilines is 1. The minimum atomic E-state index is -0.334. The summed E-state index contributed by atoms with van der Waals surface area (Å²) in [6.45, 7) is 3.00. The molecule has 1 aromatic heterocycles. The van der Waals surface area contributed by atoms with E-state index in [1.165, 1.54) is 0 Å². The van der Waals surface area contributed by atoms with Crippen LogP contribution >= 0.6 is 11.6 Å². The minimum Gasteiger partial charge on any atom is -0.342 e. The van der Waals surface area contributed by atoms with Gasteiger partial charge in [0.15, 0.2) is 0 Å². The molecule has 2 heterocycles. The van der Waals surface area contributed by atoms with Crippen molar-refractivity contribution in [3.63, 3.8) is 0 Å². The van der Waals surface area contributed by atoms with Crippen molar-refractivity contribution in [2.24, 2.45) is 5.92 Å². The number of halogens is 1. The lowest BCUT2D eigenvalue weighted by Crippen LogP contribution is -2.30. The number of aromatic nitrogens is 1. The highest BCUT2D eigenvalue weighted by molar-refractivity contribution is 6.30. The Morgan fingerprint density at radius 2 is 1.97 bits per heavy atom. The highest BCUT2D eigenvalue weighted by Gasteiger charge is 2.34. The van der Waals surface area contributed by atoms with Crippen molar-refractivity contribution in [3.05, 3.63) is 70.9 Å². The van der Waals surface area contributed by atoms with Crippen LogP contribution in [0.5, 0.6) is 0 Å². The van der Waals surface area contributed by atoms with Crippen LogP contribution in [0.3, 0.4) is 0 Å². The number of pyridine rings is 1. The fourth-order valence-electron chi connectivity index (χ4n) is 3.63. The highest BCUT2D eigenvalue weighted by atomic mass is 35.5. The van der Waals surface area contributed by atoms with E-state index in [2.05, 4.69) is 10.3 Å². The number of nitrogens with one attached hydrogen (secondary N) is 1. The Morgan fingerprint density at radius 3 is 2.76 bits per heavy atom. The molecule has 1 atom stereocenters. The van der Waals surface area contributed by atoms with Crippen molar-refractivity contribution in [3.8, 4) is 0 Å². The van der Waals surface area contributed by atoms with Gasteiger partial charge in [0.1, 0.15) is 0 Å². The minimum absolute atomic E-state index is 0.0253. The first kappa shape index (κ1) is 19.4. The molecule has 5 nitrogen and oxygen atoms in total. The van der Waals surface area contributed by atoms with Crippen LogP contribution in [-0.4, -0.2) is 34.8 Å². The van der Waals surface area contributed by atoms with Crippen molar-refractivity contribution >= 4 is 40.0 Å². The molecule has 1 fully saturated rings. The van der Waals surface area contributed by atoms with E-state index in [4.69, 9.17) is 11.6 Å². The molecule has 0 radical (unpaired) electrons. The molecule has 2 aromatic carbocycles. The fourth-order valence-corrected chi connectivity index (χ4v) is 3.75. The van der Waals surface area contributed by atoms with Crippen molar-refractivity contribution < 1.29 is 9.59 Å². The number of rotatable bonds is 5. The Labute approximate surface area is 174 Å². The molecule has 29 heavy (non-hydrogen) atoms. The van der Waals surface area contributed by atoms with Gasteiger partial charge in [-0.2, -0.15) is 0 Å². The van der Waals surface area contributed by atoms with Gasteiger partial charge in [-0.15, -0.1) is 0 Å². The molecule has 148 valence electrons. The molecular formula is C23H22ClN3O2. The molecule has 0 spiro atoms. The quantitative estimate of drug-likeness (QED) is 0.688. The van der Waals surface area contributed by atoms with E-state index in [1.54, 1.807) is 4.90 Å². The van der Waals surface area contributed by atoms with Gasteiger partial charge in [-0.3, -0.25) is 14.6 Å². The maximum atomic E-state index is 12.7. The summed E-state index contributed by atoms with van der Waals surface area (Å²) in [6.07, 6.45) is 0.995. The van der Waals surface area contributed by atoms with E-state index in [9.17, 15) is 9.59 Å². The van der Waals surface area contributed by atoms with E-state index in [1.807, 2.05) is 61.5 Å². The Hall–Kier alpha value is -2.92. The normalized spacial score (nSPS) is 16.4. The SMILES string of the molecule is Cc1ccc2cc(NC(=O)[C@@H]3CC(=O)N(CCc4ccc(Cl)cc4)C3)ccc2n1. The van der Waals surface area contributed by atoms with Gasteiger partial charge in [0.2, 0.25) is 11.8 Å². The second-order valence-corrected chi connectivity index (χ2v) is 7.90. The standard InChI is InChI=1S/C23H22ClN3O2/c1-15-2-5-17-12-20(8-9-21(17)25-15)26-23(29)18-13-22(28)27(14-18)11-10-16-3-6-19(24)7-4-16/h2-9,12,18H,10-11,13-14H2,1H3,(H,26,29)/t18-/m1/s1. The Bertz CT molecular complexity index is 1070. The van der Waals surface area contributed by atoms with Crippen LogP contribution in [0.1, 0.15) is 17.7 Å². The monoisotopic (exact) mass is 407 g/mol. The third-order valence-corrected chi connectivity index (χ3v) is 5.52. The van der Waals surface area contributed by atoms with Gasteiger partial charge in [0.05, 0.1) is 11.4 Å². The van der Waals surface area contributed by atoms with E-state index in [0.29, 0.717) is 18.1 Å². The first-order valence-electron chi connectivity index (χ1n) is 9.68. The number of hydrogen-bond donors (Lipinski definition) is 1. The van der Waals surface area contributed by atoms with Gasteiger partial charge in [0, 0.05) is 41.3 Å². The second-order valence-electron chi connectivity index (χ2n) is 7.47. The van der Waals surface area contributed by atoms with Gasteiger partial charge in [-0.25, -0.2) is 0 Å². The van der Waals surface area contributed by atoms with E-state index < -0.39 is 0 Å². The predicted molar refractivity (Wildman–Crippen MR) is 115 cm³/mol. The summed E-state index contributed by atoms with van der Waals surface area (Å²) in [6, 6.07) is 17.2. The Kier molecular flexibility index (Phi) is 5.49. The van der Waals surface area contributed by atoms with Crippen LogP contribution in [-0.2, 0) is 16.0 Å². The van der Waals surface area contributed by atoms with Crippen LogP contribution in [0, 0.1) is 12.8 Å². The van der Waals surface area contributed by atoms with Crippen molar-refractivity contribution in [1.82, 2.24) is 9.88 Å². The van der Waals surface area contributed by atoms with Gasteiger partial charge in [-0.05, 0) is 55.3 Å². The zero-order valence-corrected chi connectivity index (χ0v) is 16.9. The molecule has 1 saturated heterocycles. The molecule has 1 aliphatic heterocycles. The van der Waals surface area contributed by atoms with Gasteiger partial charge < -0.3 is 10.2 Å². The number of benzene rings is 2. The third-order valence-electron chi connectivity index (χ3n) is 5.26. The first-order chi connectivity index (χ1) is 14.0. The van der Waals surface area contributed by atoms with E-state index in [0.717, 1.165) is 34.3 Å². The highest BCUT2D eigenvalue weighted by Crippen LogP contribution is 2.23. The molecule has 0 saturated carbocycles. The van der Waals surface area contributed by atoms with E-state index >= 15 is 0 Å². The molecular weight excluding hydrogens is 386 g/mol. The van der Waals surface area contributed by atoms with E-state index in [-0.39, 0.29) is 24.2 Å². The first-order valence-corrected chi connectivity index (χ1v) is 10.1. The zero-order valence-electron chi connectivity index (χ0n) is 16.2. The van der Waals surface area contributed by atoms with Gasteiger partial charge >= 0.3 is 0 Å². The number of likely N-dealkylation sites (tertiary alicyclic amines) is 1. The number of fused-ring (bicyclic) bond motifs is 1. The average molecular weight is 408 g/mol. The van der Waals surface area contributed by atoms with Crippen LogP contribution in [0.2, 0.25) is 5.02 Å². The van der Waals surface area contributed by atoms with Crippen LogP contribution in [0.25, 0.3) is 10.9 Å². The lowest BCUT2D eigenvalue weighted by molar-refractivity contribution is -0.128. The molecule has 3 aromatic rings. The molecule has 0 aliphatic carbocycles. The number of aryl methyl sites for hydroxylation is 1. The lowest BCUT2D eigenvalue weighted by Gasteiger charge is -2.16. The maximum absolute atomic E-state index is 12.7. The van der Waals surface area contributed by atoms with Gasteiger partial charge in [0.25, 0.3) is 0 Å². The summed E-state index contributed by atoms with van der Waals surface area (Å²) < 4.78 is 0. The van der Waals surface area contributed by atoms with Crippen molar-refractivity contribution in [2.75, 3.05) is 18.4 Å². The second kappa shape index (κ2) is 8.21. The molecule has 1 N–H and O–H groups in total. The number of hydrogen-bond acceptors (Lipinski definition) is 3. The summed E-state index contributed by atoms with van der Waals surface area (Å²) in [5, 5.41) is 4.62. The zero-order chi connectivity index (χ0) is 20.4. The molecule has 6 heteroatoms. The average Bonchev–Trinajstić information content (AvgIpc) is 3.08. The number of amides is 2. The summed E-state index contributed by atoms with van der Waals surface area (Å²) in [5.41, 5.74) is 3.69. The van der Waals surface area contributed by atoms with Crippen molar-refractivity contribution in [2.45, 2.75) is 19.8 Å². The van der Waals surface area contributed by atoms with Crippen LogP contribution < -0.4 is 5.32 Å². The van der Waals surface area contributed by atoms with Crippen LogP contribution in [0.4, 0.5) is 5.69 Å². The summed E-state index contributed by atoms with van der Waals surface area (Å²) in [5.74, 6) is -0.427. The summed E-state index contributed by atoms with van der Waals surface area (Å²) in [4.78, 5) is 31.3. The number of carbonyl (C=O) groups is 2. The molecule has 2 amide bonds. The molecule has 0 bridgehead atoms. The molecule has 0 unspecified atom stereocenters. The number of nitrogens with zero attached hydrogens (tertiary/aromatic N) is 2. The molecule has 1 aliphatic rings. The maximum Gasteiger partial charge on any atom is 0.229 e. The summed E-state index contributed by atoms with van der Waals surface area (Å²) in [7, 11) is 0. The third kappa shape index (κ3) is 4.57. The van der Waals surface area contributed by atoms with Crippen LogP contribution in [0.15, 0.2) is 54.6 Å². The van der Waals surface area contributed by atoms with Gasteiger partial charge in [-0.1, -0.05) is 29.8 Å². The smallest absolute Gasteiger partial charge is 0.229 e. The predicted octanol–water partition coefficient (Wildman–Crippen LogP) is 4.23. The Morgan fingerprint density at radius 1 is 1.17 bits per heavy atom. The largest absolute Gasteiger partial charge is 0.342 e. The topological polar surface area (TPSA) is 62.3 Å². The lowest BCUT2D eigenvalue weighted by atomic mass is 10.1. The number of carbonyl (C=O) groups excluding carboxylic acids is 2. The Balaban J connectivity index is 1.36.